The van der Waals surface area contributed by atoms with Crippen molar-refractivity contribution in [3.05, 3.63) is 24.5 Å². The predicted molar refractivity (Wildman–Crippen MR) is 75.6 cm³/mol. The Morgan fingerprint density at radius 2 is 1.95 bits per heavy atom. The van der Waals surface area contributed by atoms with Gasteiger partial charge in [0.1, 0.15) is 23.0 Å². The van der Waals surface area contributed by atoms with E-state index < -0.39 is 0 Å². The van der Waals surface area contributed by atoms with Gasteiger partial charge >= 0.3 is 0 Å². The largest absolute Gasteiger partial charge is 0.497 e. The Balaban J connectivity index is 2.52. The van der Waals surface area contributed by atoms with Gasteiger partial charge in [-0.1, -0.05) is 0 Å². The number of nitrogens with zero attached hydrogens (tertiary/aromatic N) is 2. The van der Waals surface area contributed by atoms with Gasteiger partial charge in [-0.25, -0.2) is 4.98 Å². The molecule has 0 spiro atoms. The minimum Gasteiger partial charge on any atom is -0.497 e. The van der Waals surface area contributed by atoms with Gasteiger partial charge in [0.2, 0.25) is 0 Å². The van der Waals surface area contributed by atoms with Crippen LogP contribution in [0.5, 0.6) is 11.5 Å². The molecule has 0 saturated carbocycles. The number of rotatable bonds is 4. The number of hydrogen-bond donors (Lipinski definition) is 1. The van der Waals surface area contributed by atoms with Crippen molar-refractivity contribution in [1.82, 2.24) is 9.55 Å². The number of anilines is 1. The fourth-order valence-electron chi connectivity index (χ4n) is 1.98. The third kappa shape index (κ3) is 2.36. The number of hydrogen-bond acceptors (Lipinski definition) is 4. The molecule has 102 valence electrons. The van der Waals surface area contributed by atoms with E-state index >= 15 is 0 Å². The molecule has 0 radical (unpaired) electrons. The molecule has 2 N–H and O–H groups in total. The maximum atomic E-state index is 6.14. The molecular weight excluding hydrogens is 242 g/mol. The highest BCUT2D eigenvalue weighted by molar-refractivity contribution is 5.76. The smallest absolute Gasteiger partial charge is 0.132 e. The zero-order valence-electron chi connectivity index (χ0n) is 11.7. The van der Waals surface area contributed by atoms with E-state index in [1.807, 2.05) is 22.8 Å². The quantitative estimate of drug-likeness (QED) is 0.919. The van der Waals surface area contributed by atoms with Crippen LogP contribution in [-0.2, 0) is 0 Å². The summed E-state index contributed by atoms with van der Waals surface area (Å²) in [7, 11) is 3.24. The average Bonchev–Trinajstić information content (AvgIpc) is 2.79. The van der Waals surface area contributed by atoms with Crippen LogP contribution in [0.4, 0.5) is 5.82 Å². The first-order valence-electron chi connectivity index (χ1n) is 6.13. The number of imidazole rings is 1. The molecule has 5 nitrogen and oxygen atoms in total. The summed E-state index contributed by atoms with van der Waals surface area (Å²) in [5.41, 5.74) is 7.74. The molecule has 0 unspecified atom stereocenters. The Morgan fingerprint density at radius 1 is 1.21 bits per heavy atom. The normalized spacial score (nSPS) is 10.8. The molecule has 0 bridgehead atoms. The van der Waals surface area contributed by atoms with Crippen LogP contribution in [0.25, 0.3) is 11.3 Å². The number of methoxy groups -OCH3 is 2. The van der Waals surface area contributed by atoms with Crippen LogP contribution < -0.4 is 15.2 Å². The van der Waals surface area contributed by atoms with Crippen LogP contribution in [-0.4, -0.2) is 23.8 Å². The fraction of sp³-hybridized carbons (Fsp3) is 0.357. The van der Waals surface area contributed by atoms with Crippen LogP contribution in [0.15, 0.2) is 24.5 Å². The fourth-order valence-corrected chi connectivity index (χ4v) is 1.98. The highest BCUT2D eigenvalue weighted by atomic mass is 16.5. The second kappa shape index (κ2) is 5.22. The Hall–Kier alpha value is -2.17. The number of ether oxygens (including phenoxy) is 2. The first-order valence-corrected chi connectivity index (χ1v) is 6.13. The molecule has 0 aliphatic heterocycles. The Bertz CT molecular complexity index is 576. The molecule has 0 amide bonds. The molecule has 2 rings (SSSR count). The standard InChI is InChI=1S/C14H19N3O2/c1-9(2)17-8-16-13(14(17)15)11-6-5-10(18-3)7-12(11)19-4/h5-9H,15H2,1-4H3. The van der Waals surface area contributed by atoms with Crippen molar-refractivity contribution in [2.75, 3.05) is 20.0 Å². The second-order valence-corrected chi connectivity index (χ2v) is 4.55. The summed E-state index contributed by atoms with van der Waals surface area (Å²) in [5.74, 6) is 2.07. The molecule has 1 heterocycles. The van der Waals surface area contributed by atoms with Crippen LogP contribution in [0, 0.1) is 0 Å². The van der Waals surface area contributed by atoms with Crippen molar-refractivity contribution in [3.8, 4) is 22.8 Å². The van der Waals surface area contributed by atoms with Crippen molar-refractivity contribution in [3.63, 3.8) is 0 Å². The summed E-state index contributed by atoms with van der Waals surface area (Å²) in [6.45, 7) is 4.13. The summed E-state index contributed by atoms with van der Waals surface area (Å²) >= 11 is 0. The molecule has 2 aromatic rings. The molecule has 0 aliphatic rings. The third-order valence-corrected chi connectivity index (χ3v) is 3.05. The van der Waals surface area contributed by atoms with E-state index in [4.69, 9.17) is 15.2 Å². The van der Waals surface area contributed by atoms with Gasteiger partial charge in [0.05, 0.1) is 20.5 Å². The molecule has 19 heavy (non-hydrogen) atoms. The van der Waals surface area contributed by atoms with E-state index in [1.54, 1.807) is 20.5 Å². The van der Waals surface area contributed by atoms with Gasteiger partial charge in [0.15, 0.2) is 0 Å². The van der Waals surface area contributed by atoms with Crippen molar-refractivity contribution in [2.45, 2.75) is 19.9 Å². The lowest BCUT2D eigenvalue weighted by atomic mass is 10.1. The summed E-state index contributed by atoms with van der Waals surface area (Å²) < 4.78 is 12.5. The van der Waals surface area contributed by atoms with Crippen LogP contribution in [0.2, 0.25) is 0 Å². The number of aromatic nitrogens is 2. The predicted octanol–water partition coefficient (Wildman–Crippen LogP) is 2.73. The number of nitrogen functional groups attached to an aromatic ring is 1. The van der Waals surface area contributed by atoms with Crippen LogP contribution in [0.1, 0.15) is 19.9 Å². The van der Waals surface area contributed by atoms with Gasteiger partial charge in [-0.15, -0.1) is 0 Å². The van der Waals surface area contributed by atoms with E-state index in [-0.39, 0.29) is 6.04 Å². The zero-order valence-corrected chi connectivity index (χ0v) is 11.7. The lowest BCUT2D eigenvalue weighted by Crippen LogP contribution is -2.04. The monoisotopic (exact) mass is 261 g/mol. The first-order chi connectivity index (χ1) is 9.08. The van der Waals surface area contributed by atoms with Gasteiger partial charge < -0.3 is 19.8 Å². The Kier molecular flexibility index (Phi) is 3.64. The maximum Gasteiger partial charge on any atom is 0.132 e. The molecule has 5 heteroatoms. The molecule has 1 aromatic carbocycles. The van der Waals surface area contributed by atoms with Gasteiger partial charge in [0, 0.05) is 17.7 Å². The molecule has 0 fully saturated rings. The molecule has 0 saturated heterocycles. The highest BCUT2D eigenvalue weighted by Gasteiger charge is 2.16. The third-order valence-electron chi connectivity index (χ3n) is 3.05. The minimum atomic E-state index is 0.269. The Morgan fingerprint density at radius 3 is 2.47 bits per heavy atom. The summed E-state index contributed by atoms with van der Waals surface area (Å²) in [6.07, 6.45) is 1.75. The molecule has 0 aliphatic carbocycles. The van der Waals surface area contributed by atoms with E-state index in [1.165, 1.54) is 0 Å². The minimum absolute atomic E-state index is 0.269. The summed E-state index contributed by atoms with van der Waals surface area (Å²) in [6, 6.07) is 5.86. The van der Waals surface area contributed by atoms with Crippen LogP contribution >= 0.6 is 0 Å². The zero-order chi connectivity index (χ0) is 14.0. The van der Waals surface area contributed by atoms with Crippen molar-refractivity contribution in [1.29, 1.82) is 0 Å². The van der Waals surface area contributed by atoms with E-state index in [0.717, 1.165) is 17.0 Å². The van der Waals surface area contributed by atoms with E-state index in [0.29, 0.717) is 11.6 Å². The van der Waals surface area contributed by atoms with E-state index in [9.17, 15) is 0 Å². The second-order valence-electron chi connectivity index (χ2n) is 4.55. The van der Waals surface area contributed by atoms with E-state index in [2.05, 4.69) is 18.8 Å². The molecule has 0 atom stereocenters. The first kappa shape index (κ1) is 13.3. The van der Waals surface area contributed by atoms with Crippen LogP contribution in [0.3, 0.4) is 0 Å². The number of benzene rings is 1. The number of nitrogens with two attached hydrogens (primary N) is 1. The van der Waals surface area contributed by atoms with Gasteiger partial charge in [-0.05, 0) is 26.0 Å². The maximum absolute atomic E-state index is 6.14. The van der Waals surface area contributed by atoms with Gasteiger partial charge in [0.25, 0.3) is 0 Å². The lowest BCUT2D eigenvalue weighted by Gasteiger charge is -2.11. The summed E-state index contributed by atoms with van der Waals surface area (Å²) in [4.78, 5) is 4.39. The SMILES string of the molecule is COc1ccc(-c2ncn(C(C)C)c2N)c(OC)c1. The lowest BCUT2D eigenvalue weighted by molar-refractivity contribution is 0.395. The molecular formula is C14H19N3O2. The Labute approximate surface area is 113 Å². The highest BCUT2D eigenvalue weighted by Crippen LogP contribution is 2.35. The van der Waals surface area contributed by atoms with Crippen molar-refractivity contribution >= 4 is 5.82 Å². The molecule has 1 aromatic heterocycles. The average molecular weight is 261 g/mol. The van der Waals surface area contributed by atoms with Crippen molar-refractivity contribution in [2.24, 2.45) is 0 Å². The van der Waals surface area contributed by atoms with Crippen molar-refractivity contribution < 1.29 is 9.47 Å². The van der Waals surface area contributed by atoms with Gasteiger partial charge in [-0.2, -0.15) is 0 Å². The van der Waals surface area contributed by atoms with Gasteiger partial charge in [-0.3, -0.25) is 0 Å². The summed E-state index contributed by atoms with van der Waals surface area (Å²) in [5, 5.41) is 0. The topological polar surface area (TPSA) is 62.3 Å².